The fourth-order valence-corrected chi connectivity index (χ4v) is 3.66. The second-order valence-electron chi connectivity index (χ2n) is 3.71. The van der Waals surface area contributed by atoms with Crippen molar-refractivity contribution in [3.05, 3.63) is 44.6 Å². The number of benzene rings is 1. The molecule has 2 rings (SSSR count). The minimum Gasteiger partial charge on any atom is -0.397 e. The Balaban J connectivity index is 2.16. The monoisotopic (exact) mass is 336 g/mol. The number of nitrogens with two attached hydrogens (primary N) is 1. The number of thiophene rings is 1. The average Bonchev–Trinajstić information content (AvgIpc) is 2.76. The van der Waals surface area contributed by atoms with Gasteiger partial charge in [-0.3, -0.25) is 0 Å². The van der Waals surface area contributed by atoms with Crippen molar-refractivity contribution in [1.29, 1.82) is 0 Å². The third kappa shape index (κ3) is 3.61. The molecule has 102 valence electrons. The third-order valence-electron chi connectivity index (χ3n) is 2.34. The van der Waals surface area contributed by atoms with Gasteiger partial charge in [-0.15, -0.1) is 11.3 Å². The van der Waals surface area contributed by atoms with Crippen LogP contribution in [-0.4, -0.2) is 8.42 Å². The summed E-state index contributed by atoms with van der Waals surface area (Å²) < 4.78 is 27.2. The molecule has 0 aliphatic carbocycles. The highest BCUT2D eigenvalue weighted by molar-refractivity contribution is 7.89. The molecule has 0 unspecified atom stereocenters. The van der Waals surface area contributed by atoms with E-state index in [1.165, 1.54) is 29.5 Å². The summed E-state index contributed by atoms with van der Waals surface area (Å²) in [4.78, 5) is 0.910. The first-order valence-corrected chi connectivity index (χ1v) is 8.23. The van der Waals surface area contributed by atoms with Gasteiger partial charge in [-0.1, -0.05) is 23.2 Å². The summed E-state index contributed by atoms with van der Waals surface area (Å²) in [6, 6.07) is 7.67. The molecule has 2 aromatic rings. The van der Waals surface area contributed by atoms with Gasteiger partial charge in [0, 0.05) is 11.4 Å². The van der Waals surface area contributed by atoms with Gasteiger partial charge in [0.05, 0.1) is 19.9 Å². The van der Waals surface area contributed by atoms with Gasteiger partial charge in [-0.25, -0.2) is 13.1 Å². The van der Waals surface area contributed by atoms with Crippen LogP contribution in [0.3, 0.4) is 0 Å². The second-order valence-corrected chi connectivity index (χ2v) is 7.69. The predicted octanol–water partition coefficient (Wildman–Crippen LogP) is 3.12. The van der Waals surface area contributed by atoms with Crippen molar-refractivity contribution in [2.75, 3.05) is 5.73 Å². The maximum absolute atomic E-state index is 12.0. The standard InChI is InChI=1S/C11H10Cl2N2O2S2/c12-9-3-2-8(5-10(9)14)19(16,17)15-6-7-1-4-11(13)18-7/h1-5,15H,6,14H2. The minimum absolute atomic E-state index is 0.0806. The Morgan fingerprint density at radius 1 is 1.21 bits per heavy atom. The van der Waals surface area contributed by atoms with E-state index in [0.717, 1.165) is 4.88 Å². The SMILES string of the molecule is Nc1cc(S(=O)(=O)NCc2ccc(Cl)s2)ccc1Cl. The van der Waals surface area contributed by atoms with Crippen molar-refractivity contribution in [2.24, 2.45) is 0 Å². The summed E-state index contributed by atoms with van der Waals surface area (Å²) in [5, 5.41) is 0.323. The lowest BCUT2D eigenvalue weighted by Gasteiger charge is -2.07. The third-order valence-corrected chi connectivity index (χ3v) is 5.32. The van der Waals surface area contributed by atoms with E-state index in [0.29, 0.717) is 9.36 Å². The zero-order valence-corrected chi connectivity index (χ0v) is 12.7. The molecule has 0 aliphatic heterocycles. The van der Waals surface area contributed by atoms with E-state index in [1.54, 1.807) is 12.1 Å². The van der Waals surface area contributed by atoms with Crippen LogP contribution in [0, 0.1) is 0 Å². The maximum atomic E-state index is 12.0. The van der Waals surface area contributed by atoms with E-state index < -0.39 is 10.0 Å². The normalized spacial score (nSPS) is 11.7. The Morgan fingerprint density at radius 3 is 2.53 bits per heavy atom. The number of rotatable bonds is 4. The molecule has 0 fully saturated rings. The molecule has 4 nitrogen and oxygen atoms in total. The zero-order valence-electron chi connectivity index (χ0n) is 9.56. The van der Waals surface area contributed by atoms with Crippen molar-refractivity contribution in [3.8, 4) is 0 Å². The molecule has 3 N–H and O–H groups in total. The largest absolute Gasteiger partial charge is 0.397 e. The van der Waals surface area contributed by atoms with Crippen LogP contribution in [-0.2, 0) is 16.6 Å². The first-order chi connectivity index (χ1) is 8.88. The van der Waals surface area contributed by atoms with E-state index in [1.807, 2.05) is 0 Å². The smallest absolute Gasteiger partial charge is 0.240 e. The highest BCUT2D eigenvalue weighted by Crippen LogP contribution is 2.24. The number of anilines is 1. The molecular weight excluding hydrogens is 327 g/mol. The quantitative estimate of drug-likeness (QED) is 0.842. The van der Waals surface area contributed by atoms with Crippen molar-refractivity contribution in [2.45, 2.75) is 11.4 Å². The van der Waals surface area contributed by atoms with Crippen molar-refractivity contribution < 1.29 is 8.42 Å². The Morgan fingerprint density at radius 2 is 1.95 bits per heavy atom. The lowest BCUT2D eigenvalue weighted by Crippen LogP contribution is -2.22. The molecule has 1 aromatic heterocycles. The lowest BCUT2D eigenvalue weighted by molar-refractivity contribution is 0.582. The molecule has 1 aromatic carbocycles. The summed E-state index contributed by atoms with van der Waals surface area (Å²) >= 11 is 12.9. The van der Waals surface area contributed by atoms with Crippen molar-refractivity contribution in [3.63, 3.8) is 0 Å². The van der Waals surface area contributed by atoms with Crippen LogP contribution in [0.1, 0.15) is 4.88 Å². The van der Waals surface area contributed by atoms with Gasteiger partial charge in [0.1, 0.15) is 0 Å². The minimum atomic E-state index is -3.61. The van der Waals surface area contributed by atoms with Gasteiger partial charge in [-0.05, 0) is 30.3 Å². The predicted molar refractivity (Wildman–Crippen MR) is 79.2 cm³/mol. The number of sulfonamides is 1. The summed E-state index contributed by atoms with van der Waals surface area (Å²) in [6.45, 7) is 0.183. The van der Waals surface area contributed by atoms with E-state index in [2.05, 4.69) is 4.72 Å². The van der Waals surface area contributed by atoms with Crippen molar-refractivity contribution in [1.82, 2.24) is 4.72 Å². The Bertz CT molecular complexity index is 698. The number of hydrogen-bond donors (Lipinski definition) is 2. The van der Waals surface area contributed by atoms with Gasteiger partial charge in [-0.2, -0.15) is 0 Å². The summed E-state index contributed by atoms with van der Waals surface area (Å²) in [5.74, 6) is 0. The fraction of sp³-hybridized carbons (Fsp3) is 0.0909. The van der Waals surface area contributed by atoms with E-state index in [-0.39, 0.29) is 17.1 Å². The van der Waals surface area contributed by atoms with Crippen LogP contribution < -0.4 is 10.5 Å². The Labute approximate surface area is 125 Å². The molecule has 0 bridgehead atoms. The number of hydrogen-bond acceptors (Lipinski definition) is 4. The summed E-state index contributed by atoms with van der Waals surface area (Å²) in [7, 11) is -3.61. The molecule has 0 radical (unpaired) electrons. The van der Waals surface area contributed by atoms with E-state index in [9.17, 15) is 8.42 Å². The van der Waals surface area contributed by atoms with Crippen LogP contribution in [0.4, 0.5) is 5.69 Å². The second kappa shape index (κ2) is 5.68. The summed E-state index contributed by atoms with van der Waals surface area (Å²) in [6.07, 6.45) is 0. The van der Waals surface area contributed by atoms with Gasteiger partial charge < -0.3 is 5.73 Å². The molecule has 8 heteroatoms. The molecule has 0 saturated heterocycles. The molecule has 0 aliphatic rings. The number of nitrogens with one attached hydrogen (secondary N) is 1. The Hall–Kier alpha value is -0.790. The van der Waals surface area contributed by atoms with Crippen LogP contribution in [0.25, 0.3) is 0 Å². The van der Waals surface area contributed by atoms with Gasteiger partial charge in [0.15, 0.2) is 0 Å². The van der Waals surface area contributed by atoms with Gasteiger partial charge in [0.25, 0.3) is 0 Å². The van der Waals surface area contributed by atoms with Gasteiger partial charge in [0.2, 0.25) is 10.0 Å². The molecule has 1 heterocycles. The van der Waals surface area contributed by atoms with Crippen LogP contribution in [0.2, 0.25) is 9.36 Å². The van der Waals surface area contributed by atoms with Crippen LogP contribution in [0.5, 0.6) is 0 Å². The highest BCUT2D eigenvalue weighted by Gasteiger charge is 2.15. The molecule has 19 heavy (non-hydrogen) atoms. The van der Waals surface area contributed by atoms with Crippen LogP contribution >= 0.6 is 34.5 Å². The van der Waals surface area contributed by atoms with E-state index >= 15 is 0 Å². The maximum Gasteiger partial charge on any atom is 0.240 e. The molecule has 0 saturated carbocycles. The first kappa shape index (κ1) is 14.6. The highest BCUT2D eigenvalue weighted by atomic mass is 35.5. The van der Waals surface area contributed by atoms with E-state index in [4.69, 9.17) is 28.9 Å². The summed E-state index contributed by atoms with van der Waals surface area (Å²) in [5.41, 5.74) is 5.81. The zero-order chi connectivity index (χ0) is 14.0. The average molecular weight is 337 g/mol. The molecule has 0 atom stereocenters. The molecule has 0 spiro atoms. The first-order valence-electron chi connectivity index (χ1n) is 5.17. The van der Waals surface area contributed by atoms with Gasteiger partial charge >= 0.3 is 0 Å². The lowest BCUT2D eigenvalue weighted by atomic mass is 10.3. The topological polar surface area (TPSA) is 72.2 Å². The fourth-order valence-electron chi connectivity index (χ4n) is 1.39. The van der Waals surface area contributed by atoms with Crippen LogP contribution in [0.15, 0.2) is 35.2 Å². The Kier molecular flexibility index (Phi) is 4.37. The number of halogens is 2. The molecular formula is C11H10Cl2N2O2S2. The number of nitrogen functional groups attached to an aromatic ring is 1. The van der Waals surface area contributed by atoms with Crippen molar-refractivity contribution >= 4 is 50.2 Å². The molecule has 0 amide bonds.